The van der Waals surface area contributed by atoms with Gasteiger partial charge in [-0.15, -0.1) is 0 Å². The summed E-state index contributed by atoms with van der Waals surface area (Å²) in [6.07, 6.45) is 1.74. The number of nitrogens with two attached hydrogens (primary N) is 1. The molecule has 0 aliphatic rings. The smallest absolute Gasteiger partial charge is 0.122 e. The molecule has 2 N–H and O–H groups in total. The Bertz CT molecular complexity index is 395. The number of hydrogen-bond acceptors (Lipinski definition) is 2. The van der Waals surface area contributed by atoms with E-state index in [1.54, 1.807) is 0 Å². The van der Waals surface area contributed by atoms with Crippen molar-refractivity contribution in [3.8, 4) is 5.75 Å². The lowest BCUT2D eigenvalue weighted by atomic mass is 10.0. The molecular formula is C13H18ClNOS. The van der Waals surface area contributed by atoms with E-state index in [0.29, 0.717) is 16.6 Å². The molecule has 0 bridgehead atoms. The van der Waals surface area contributed by atoms with Gasteiger partial charge in [0.1, 0.15) is 5.75 Å². The zero-order valence-electron chi connectivity index (χ0n) is 10.2. The van der Waals surface area contributed by atoms with Gasteiger partial charge in [0, 0.05) is 10.9 Å². The maximum atomic E-state index is 5.99. The van der Waals surface area contributed by atoms with E-state index in [4.69, 9.17) is 34.3 Å². The van der Waals surface area contributed by atoms with E-state index in [1.807, 2.05) is 25.1 Å². The van der Waals surface area contributed by atoms with E-state index in [-0.39, 0.29) is 5.92 Å². The molecular weight excluding hydrogens is 254 g/mol. The second-order valence-corrected chi connectivity index (χ2v) is 5.02. The van der Waals surface area contributed by atoms with Crippen molar-refractivity contribution < 1.29 is 4.74 Å². The summed E-state index contributed by atoms with van der Waals surface area (Å²) < 4.78 is 5.68. The summed E-state index contributed by atoms with van der Waals surface area (Å²) in [5, 5.41) is 0.707. The minimum Gasteiger partial charge on any atom is -0.493 e. The molecule has 0 fully saturated rings. The SMILES string of the molecule is CCCOc1ccc(Cl)cc1CC(C)C(N)=S. The predicted octanol–water partition coefficient (Wildman–Crippen LogP) is 3.59. The Kier molecular flexibility index (Phi) is 5.72. The lowest BCUT2D eigenvalue weighted by Gasteiger charge is -2.14. The lowest BCUT2D eigenvalue weighted by Crippen LogP contribution is -2.20. The van der Waals surface area contributed by atoms with E-state index in [9.17, 15) is 0 Å². The number of rotatable bonds is 6. The van der Waals surface area contributed by atoms with Crippen LogP contribution in [0.4, 0.5) is 0 Å². The van der Waals surface area contributed by atoms with Crippen molar-refractivity contribution in [3.05, 3.63) is 28.8 Å². The summed E-state index contributed by atoms with van der Waals surface area (Å²) >= 11 is 11.0. The summed E-state index contributed by atoms with van der Waals surface area (Å²) in [4.78, 5) is 0.520. The van der Waals surface area contributed by atoms with Gasteiger partial charge in [0.05, 0.1) is 11.6 Å². The molecule has 17 heavy (non-hydrogen) atoms. The molecule has 0 aromatic heterocycles. The monoisotopic (exact) mass is 271 g/mol. The second-order valence-electron chi connectivity index (χ2n) is 4.11. The molecule has 0 saturated heterocycles. The van der Waals surface area contributed by atoms with Crippen LogP contribution in [-0.2, 0) is 6.42 Å². The third-order valence-electron chi connectivity index (χ3n) is 2.50. The Morgan fingerprint density at radius 1 is 1.53 bits per heavy atom. The highest BCUT2D eigenvalue weighted by molar-refractivity contribution is 7.80. The van der Waals surface area contributed by atoms with Crippen LogP contribution in [0.25, 0.3) is 0 Å². The Labute approximate surface area is 113 Å². The van der Waals surface area contributed by atoms with Gasteiger partial charge in [-0.1, -0.05) is 37.7 Å². The third kappa shape index (κ3) is 4.52. The molecule has 94 valence electrons. The maximum Gasteiger partial charge on any atom is 0.122 e. The first-order chi connectivity index (χ1) is 8.04. The minimum atomic E-state index is 0.146. The van der Waals surface area contributed by atoms with Crippen molar-refractivity contribution in [2.45, 2.75) is 26.7 Å². The van der Waals surface area contributed by atoms with Crippen LogP contribution in [0.15, 0.2) is 18.2 Å². The average Bonchev–Trinajstić information content (AvgIpc) is 2.28. The van der Waals surface area contributed by atoms with Crippen LogP contribution in [0, 0.1) is 5.92 Å². The van der Waals surface area contributed by atoms with Gasteiger partial charge in [-0.3, -0.25) is 0 Å². The van der Waals surface area contributed by atoms with Crippen molar-refractivity contribution in [2.75, 3.05) is 6.61 Å². The molecule has 1 aromatic carbocycles. The van der Waals surface area contributed by atoms with Crippen LogP contribution in [0.3, 0.4) is 0 Å². The normalized spacial score (nSPS) is 12.2. The van der Waals surface area contributed by atoms with Crippen LogP contribution in [0.1, 0.15) is 25.8 Å². The summed E-state index contributed by atoms with van der Waals surface area (Å²) in [7, 11) is 0. The van der Waals surface area contributed by atoms with E-state index in [2.05, 4.69) is 6.92 Å². The predicted molar refractivity (Wildman–Crippen MR) is 76.9 cm³/mol. The van der Waals surface area contributed by atoms with Gasteiger partial charge in [-0.25, -0.2) is 0 Å². The zero-order valence-corrected chi connectivity index (χ0v) is 11.8. The largest absolute Gasteiger partial charge is 0.493 e. The van der Waals surface area contributed by atoms with E-state index in [0.717, 1.165) is 24.2 Å². The number of thiocarbonyl (C=S) groups is 1. The lowest BCUT2D eigenvalue weighted by molar-refractivity contribution is 0.313. The van der Waals surface area contributed by atoms with Crippen LogP contribution in [0.2, 0.25) is 5.02 Å². The summed E-state index contributed by atoms with van der Waals surface area (Å²) in [5.41, 5.74) is 6.69. The van der Waals surface area contributed by atoms with Crippen molar-refractivity contribution >= 4 is 28.8 Å². The number of ether oxygens (including phenoxy) is 1. The highest BCUT2D eigenvalue weighted by Gasteiger charge is 2.11. The molecule has 0 aliphatic heterocycles. The fraction of sp³-hybridized carbons (Fsp3) is 0.462. The number of benzene rings is 1. The molecule has 0 aliphatic carbocycles. The van der Waals surface area contributed by atoms with E-state index < -0.39 is 0 Å². The molecule has 0 amide bonds. The third-order valence-corrected chi connectivity index (χ3v) is 3.13. The van der Waals surface area contributed by atoms with Crippen LogP contribution in [0.5, 0.6) is 5.75 Å². The number of hydrogen-bond donors (Lipinski definition) is 1. The van der Waals surface area contributed by atoms with Gasteiger partial charge in [0.2, 0.25) is 0 Å². The maximum absolute atomic E-state index is 5.99. The molecule has 0 radical (unpaired) electrons. The second kappa shape index (κ2) is 6.82. The van der Waals surface area contributed by atoms with Gasteiger partial charge < -0.3 is 10.5 Å². The van der Waals surface area contributed by atoms with Gasteiger partial charge in [0.15, 0.2) is 0 Å². The Morgan fingerprint density at radius 3 is 2.82 bits per heavy atom. The first-order valence-corrected chi connectivity index (χ1v) is 6.53. The topological polar surface area (TPSA) is 35.2 Å². The molecule has 1 aromatic rings. The van der Waals surface area contributed by atoms with Gasteiger partial charge in [0.25, 0.3) is 0 Å². The van der Waals surface area contributed by atoms with E-state index >= 15 is 0 Å². The molecule has 0 saturated carbocycles. The fourth-order valence-electron chi connectivity index (χ4n) is 1.49. The van der Waals surface area contributed by atoms with Crippen molar-refractivity contribution in [1.82, 2.24) is 0 Å². The van der Waals surface area contributed by atoms with Gasteiger partial charge >= 0.3 is 0 Å². The Hall–Kier alpha value is -0.800. The summed E-state index contributed by atoms with van der Waals surface area (Å²) in [6.45, 7) is 4.79. The first kappa shape index (κ1) is 14.3. The van der Waals surface area contributed by atoms with Crippen molar-refractivity contribution in [2.24, 2.45) is 11.7 Å². The molecule has 1 atom stereocenters. The molecule has 1 rings (SSSR count). The number of halogens is 1. The molecule has 4 heteroatoms. The quantitative estimate of drug-likeness (QED) is 0.803. The molecule has 1 unspecified atom stereocenters. The highest BCUT2D eigenvalue weighted by Crippen LogP contribution is 2.25. The summed E-state index contributed by atoms with van der Waals surface area (Å²) in [6, 6.07) is 5.66. The highest BCUT2D eigenvalue weighted by atomic mass is 35.5. The van der Waals surface area contributed by atoms with Gasteiger partial charge in [-0.2, -0.15) is 0 Å². The first-order valence-electron chi connectivity index (χ1n) is 5.75. The van der Waals surface area contributed by atoms with Crippen LogP contribution >= 0.6 is 23.8 Å². The minimum absolute atomic E-state index is 0.146. The van der Waals surface area contributed by atoms with Crippen molar-refractivity contribution in [1.29, 1.82) is 0 Å². The fourth-order valence-corrected chi connectivity index (χ4v) is 1.77. The standard InChI is InChI=1S/C13H18ClNOS/c1-3-6-16-12-5-4-11(14)8-10(12)7-9(2)13(15)17/h4-5,8-9H,3,6-7H2,1-2H3,(H2,15,17). The zero-order chi connectivity index (χ0) is 12.8. The Balaban J connectivity index is 2.86. The molecule has 0 spiro atoms. The van der Waals surface area contributed by atoms with Crippen LogP contribution in [-0.4, -0.2) is 11.6 Å². The summed E-state index contributed by atoms with van der Waals surface area (Å²) in [5.74, 6) is 1.02. The Morgan fingerprint density at radius 2 is 2.24 bits per heavy atom. The molecule has 2 nitrogen and oxygen atoms in total. The van der Waals surface area contributed by atoms with Gasteiger partial charge in [-0.05, 0) is 36.6 Å². The molecule has 0 heterocycles. The van der Waals surface area contributed by atoms with E-state index in [1.165, 1.54) is 0 Å². The average molecular weight is 272 g/mol. The van der Waals surface area contributed by atoms with Crippen LogP contribution < -0.4 is 10.5 Å². The van der Waals surface area contributed by atoms with Crippen molar-refractivity contribution in [3.63, 3.8) is 0 Å².